The van der Waals surface area contributed by atoms with Gasteiger partial charge in [-0.05, 0) is 31.2 Å². The van der Waals surface area contributed by atoms with Crippen molar-refractivity contribution in [3.8, 4) is 5.75 Å². The summed E-state index contributed by atoms with van der Waals surface area (Å²) in [5, 5.41) is 7.51. The number of nitrogens with zero attached hydrogens (tertiary/aromatic N) is 1. The molecule has 1 heterocycles. The lowest BCUT2D eigenvalue weighted by Gasteiger charge is -2.10. The van der Waals surface area contributed by atoms with E-state index in [-0.39, 0.29) is 18.1 Å². The monoisotopic (exact) mass is 324 g/mol. The first-order valence-electron chi connectivity index (χ1n) is 7.38. The van der Waals surface area contributed by atoms with Crippen LogP contribution in [0.4, 0.5) is 0 Å². The van der Waals surface area contributed by atoms with Gasteiger partial charge in [0.05, 0.1) is 12.6 Å². The second-order valence-electron chi connectivity index (χ2n) is 5.28. The van der Waals surface area contributed by atoms with Crippen molar-refractivity contribution >= 4 is 22.7 Å². The van der Waals surface area contributed by atoms with Gasteiger partial charge in [-0.3, -0.25) is 9.89 Å². The lowest BCUT2D eigenvalue weighted by Crippen LogP contribution is -2.08. The second-order valence-corrected chi connectivity index (χ2v) is 5.28. The molecule has 122 valence electrons. The average molecular weight is 324 g/mol. The first-order valence-corrected chi connectivity index (χ1v) is 7.38. The number of aromatic nitrogens is 2. The zero-order valence-corrected chi connectivity index (χ0v) is 13.3. The Morgan fingerprint density at radius 3 is 2.71 bits per heavy atom. The Labute approximate surface area is 138 Å². The number of ketones is 1. The molecule has 0 bridgehead atoms. The summed E-state index contributed by atoms with van der Waals surface area (Å²) in [7, 11) is 1.52. The van der Waals surface area contributed by atoms with Crippen LogP contribution >= 0.6 is 0 Å². The molecular weight excluding hydrogens is 308 g/mol. The van der Waals surface area contributed by atoms with Crippen LogP contribution in [0, 0.1) is 0 Å². The Kier molecular flexibility index (Phi) is 4.29. The van der Waals surface area contributed by atoms with E-state index in [1.807, 2.05) is 18.2 Å². The minimum Gasteiger partial charge on any atom is -0.496 e. The van der Waals surface area contributed by atoms with Gasteiger partial charge in [0, 0.05) is 16.5 Å². The van der Waals surface area contributed by atoms with Crippen molar-refractivity contribution in [3.05, 3.63) is 59.3 Å². The van der Waals surface area contributed by atoms with Gasteiger partial charge in [0.25, 0.3) is 0 Å². The summed E-state index contributed by atoms with van der Waals surface area (Å²) in [5.74, 6) is -0.0501. The summed E-state index contributed by atoms with van der Waals surface area (Å²) in [6, 6.07) is 12.3. The van der Waals surface area contributed by atoms with E-state index >= 15 is 0 Å². The fraction of sp³-hybridized carbons (Fsp3) is 0.167. The van der Waals surface area contributed by atoms with Crippen LogP contribution in [-0.2, 0) is 11.3 Å². The Morgan fingerprint density at radius 2 is 1.96 bits per heavy atom. The van der Waals surface area contributed by atoms with Gasteiger partial charge in [-0.2, -0.15) is 5.10 Å². The molecule has 0 unspecified atom stereocenters. The van der Waals surface area contributed by atoms with Crippen molar-refractivity contribution in [1.82, 2.24) is 10.2 Å². The maximum Gasteiger partial charge on any atom is 0.359 e. The number of nitrogens with one attached hydrogen (secondary N) is 1. The largest absolute Gasteiger partial charge is 0.496 e. The van der Waals surface area contributed by atoms with Crippen LogP contribution < -0.4 is 4.74 Å². The summed E-state index contributed by atoms with van der Waals surface area (Å²) in [5.41, 5.74) is 2.15. The zero-order chi connectivity index (χ0) is 17.1. The molecule has 24 heavy (non-hydrogen) atoms. The van der Waals surface area contributed by atoms with Crippen molar-refractivity contribution < 1.29 is 19.1 Å². The van der Waals surface area contributed by atoms with Gasteiger partial charge in [0.1, 0.15) is 12.4 Å². The number of methoxy groups -OCH3 is 1. The van der Waals surface area contributed by atoms with Gasteiger partial charge in [0.2, 0.25) is 0 Å². The summed E-state index contributed by atoms with van der Waals surface area (Å²) in [6.45, 7) is 1.47. The predicted octanol–water partition coefficient (Wildman–Crippen LogP) is 3.13. The van der Waals surface area contributed by atoms with Crippen LogP contribution in [0.1, 0.15) is 33.3 Å². The van der Waals surface area contributed by atoms with E-state index in [0.717, 1.165) is 5.52 Å². The number of fused-ring (bicyclic) bond motifs is 1. The van der Waals surface area contributed by atoms with E-state index < -0.39 is 5.97 Å². The molecule has 0 saturated heterocycles. The Hall–Kier alpha value is -3.15. The van der Waals surface area contributed by atoms with E-state index in [0.29, 0.717) is 22.3 Å². The number of hydrogen-bond donors (Lipinski definition) is 1. The number of Topliss-reactive ketones (excluding diaryl/α,β-unsaturated/α-hetero) is 1. The molecule has 0 atom stereocenters. The molecule has 0 fully saturated rings. The first kappa shape index (κ1) is 15.7. The Balaban J connectivity index is 1.81. The Bertz CT molecular complexity index is 914. The second kappa shape index (κ2) is 6.54. The van der Waals surface area contributed by atoms with E-state index in [4.69, 9.17) is 9.47 Å². The molecule has 1 aromatic heterocycles. The predicted molar refractivity (Wildman–Crippen MR) is 88.2 cm³/mol. The molecule has 1 N–H and O–H groups in total. The lowest BCUT2D eigenvalue weighted by atomic mass is 10.1. The summed E-state index contributed by atoms with van der Waals surface area (Å²) in [4.78, 5) is 23.8. The number of carbonyl (C=O) groups excluding carboxylic acids is 2. The van der Waals surface area contributed by atoms with Crippen LogP contribution in [0.5, 0.6) is 5.75 Å². The number of para-hydroxylation sites is 1. The van der Waals surface area contributed by atoms with Gasteiger partial charge in [-0.1, -0.05) is 18.2 Å². The SMILES string of the molecule is COc1ccc(C(C)=O)cc1COC(=O)c1n[nH]c2ccccc12. The summed E-state index contributed by atoms with van der Waals surface area (Å²) < 4.78 is 10.6. The van der Waals surface area contributed by atoms with Gasteiger partial charge in [0.15, 0.2) is 11.5 Å². The van der Waals surface area contributed by atoms with Crippen molar-refractivity contribution in [2.24, 2.45) is 0 Å². The molecule has 3 rings (SSSR count). The van der Waals surface area contributed by atoms with Crippen molar-refractivity contribution in [2.45, 2.75) is 13.5 Å². The van der Waals surface area contributed by atoms with Gasteiger partial charge < -0.3 is 9.47 Å². The Morgan fingerprint density at radius 1 is 1.17 bits per heavy atom. The number of H-pyrrole nitrogens is 1. The standard InChI is InChI=1S/C18H16N2O4/c1-11(21)12-7-8-16(23-2)13(9-12)10-24-18(22)17-14-5-3-4-6-15(14)19-20-17/h3-9H,10H2,1-2H3,(H,19,20). The normalized spacial score (nSPS) is 10.6. The van der Waals surface area contributed by atoms with Crippen LogP contribution in [0.25, 0.3) is 10.9 Å². The van der Waals surface area contributed by atoms with Gasteiger partial charge in [-0.25, -0.2) is 4.79 Å². The highest BCUT2D eigenvalue weighted by atomic mass is 16.5. The van der Waals surface area contributed by atoms with Crippen molar-refractivity contribution in [2.75, 3.05) is 7.11 Å². The summed E-state index contributed by atoms with van der Waals surface area (Å²) >= 11 is 0. The van der Waals surface area contributed by atoms with E-state index in [1.54, 1.807) is 24.3 Å². The number of ether oxygens (including phenoxy) is 2. The average Bonchev–Trinajstić information content (AvgIpc) is 3.03. The molecule has 6 heteroatoms. The highest BCUT2D eigenvalue weighted by Crippen LogP contribution is 2.22. The molecule has 0 aliphatic rings. The molecule has 0 aliphatic carbocycles. The third-order valence-electron chi connectivity index (χ3n) is 3.71. The van der Waals surface area contributed by atoms with Crippen molar-refractivity contribution in [1.29, 1.82) is 0 Å². The van der Waals surface area contributed by atoms with Crippen LogP contribution in [0.3, 0.4) is 0 Å². The topological polar surface area (TPSA) is 81.3 Å². The number of carbonyl (C=O) groups is 2. The highest BCUT2D eigenvalue weighted by Gasteiger charge is 2.16. The van der Waals surface area contributed by atoms with Gasteiger partial charge in [-0.15, -0.1) is 0 Å². The molecule has 6 nitrogen and oxygen atoms in total. The number of esters is 1. The van der Waals surface area contributed by atoms with Crippen molar-refractivity contribution in [3.63, 3.8) is 0 Å². The molecule has 0 saturated carbocycles. The smallest absolute Gasteiger partial charge is 0.359 e. The minimum atomic E-state index is -0.539. The van der Waals surface area contributed by atoms with Crippen LogP contribution in [0.15, 0.2) is 42.5 Å². The number of rotatable bonds is 5. The number of aromatic amines is 1. The maximum absolute atomic E-state index is 12.3. The van der Waals surface area contributed by atoms with E-state index in [9.17, 15) is 9.59 Å². The maximum atomic E-state index is 12.3. The molecule has 0 spiro atoms. The molecule has 0 aliphatic heterocycles. The lowest BCUT2D eigenvalue weighted by molar-refractivity contribution is 0.0465. The highest BCUT2D eigenvalue weighted by molar-refractivity contribution is 6.01. The summed E-state index contributed by atoms with van der Waals surface area (Å²) in [6.07, 6.45) is 0. The molecule has 2 aromatic carbocycles. The first-order chi connectivity index (χ1) is 11.6. The molecule has 0 amide bonds. The quantitative estimate of drug-likeness (QED) is 0.576. The fourth-order valence-electron chi connectivity index (χ4n) is 2.44. The van der Waals surface area contributed by atoms with Crippen LogP contribution in [0.2, 0.25) is 0 Å². The fourth-order valence-corrected chi connectivity index (χ4v) is 2.44. The van der Waals surface area contributed by atoms with E-state index in [2.05, 4.69) is 10.2 Å². The third kappa shape index (κ3) is 2.99. The number of hydrogen-bond acceptors (Lipinski definition) is 5. The van der Waals surface area contributed by atoms with E-state index in [1.165, 1.54) is 14.0 Å². The minimum absolute atomic E-state index is 0.00961. The third-order valence-corrected chi connectivity index (χ3v) is 3.71. The van der Waals surface area contributed by atoms with Crippen LogP contribution in [-0.4, -0.2) is 29.1 Å². The molecular formula is C18H16N2O4. The molecule has 3 aromatic rings. The van der Waals surface area contributed by atoms with Gasteiger partial charge >= 0.3 is 5.97 Å². The molecule has 0 radical (unpaired) electrons. The zero-order valence-electron chi connectivity index (χ0n) is 13.3. The number of benzene rings is 2.